The molecule has 1 aliphatic heterocycles. The molecule has 0 radical (unpaired) electrons. The highest BCUT2D eigenvalue weighted by atomic mass is 19.1. The number of esters is 1. The molecule has 158 valence electrons. The van der Waals surface area contributed by atoms with Crippen LogP contribution in [0.1, 0.15) is 44.1 Å². The number of anilines is 1. The maximum absolute atomic E-state index is 12.9. The smallest absolute Gasteiger partial charge is 0.306 e. The van der Waals surface area contributed by atoms with Gasteiger partial charge in [-0.25, -0.2) is 4.39 Å². The summed E-state index contributed by atoms with van der Waals surface area (Å²) >= 11 is 0. The Morgan fingerprint density at radius 1 is 1.00 bits per heavy atom. The fourth-order valence-electron chi connectivity index (χ4n) is 3.78. The van der Waals surface area contributed by atoms with Gasteiger partial charge in [0, 0.05) is 31.0 Å². The minimum Gasteiger partial charge on any atom is -0.456 e. The minimum absolute atomic E-state index is 0.116. The lowest BCUT2D eigenvalue weighted by atomic mass is 9.94. The predicted molar refractivity (Wildman–Crippen MR) is 108 cm³/mol. The Morgan fingerprint density at radius 2 is 1.73 bits per heavy atom. The second-order valence-corrected chi connectivity index (χ2v) is 7.67. The standard InChI is InChI=1S/C23H24FNO5/c24-17-7-4-16(5-8-17)6-11-22(27)28-15-21(26)25-18-9-10-19-20(14-18)30-23(29-19)12-2-1-3-13-23/h4-5,7-10,14H,1-3,6,11-13,15H2,(H,25,26). The molecule has 30 heavy (non-hydrogen) atoms. The maximum atomic E-state index is 12.9. The lowest BCUT2D eigenvalue weighted by Crippen LogP contribution is -2.40. The summed E-state index contributed by atoms with van der Waals surface area (Å²) in [5.41, 5.74) is 1.38. The molecule has 1 amide bonds. The number of carbonyl (C=O) groups is 2. The van der Waals surface area contributed by atoms with Gasteiger partial charge in [0.25, 0.3) is 11.7 Å². The zero-order valence-corrected chi connectivity index (χ0v) is 16.6. The highest BCUT2D eigenvalue weighted by Crippen LogP contribution is 2.46. The average Bonchev–Trinajstić information content (AvgIpc) is 3.08. The van der Waals surface area contributed by atoms with Crippen LogP contribution in [0.5, 0.6) is 11.5 Å². The average molecular weight is 413 g/mol. The van der Waals surface area contributed by atoms with E-state index in [-0.39, 0.29) is 18.8 Å². The number of benzene rings is 2. The second-order valence-electron chi connectivity index (χ2n) is 7.67. The quantitative estimate of drug-likeness (QED) is 0.712. The van der Waals surface area contributed by atoms with E-state index < -0.39 is 17.7 Å². The number of ether oxygens (including phenoxy) is 3. The van der Waals surface area contributed by atoms with Crippen LogP contribution >= 0.6 is 0 Å². The molecule has 2 aromatic rings. The number of hydrogen-bond donors (Lipinski definition) is 1. The van der Waals surface area contributed by atoms with Crippen LogP contribution in [0.15, 0.2) is 42.5 Å². The van der Waals surface area contributed by atoms with Crippen LogP contribution < -0.4 is 14.8 Å². The molecular weight excluding hydrogens is 389 g/mol. The molecule has 1 saturated carbocycles. The van der Waals surface area contributed by atoms with Crippen molar-refractivity contribution in [2.75, 3.05) is 11.9 Å². The number of halogens is 1. The number of hydrogen-bond acceptors (Lipinski definition) is 5. The van der Waals surface area contributed by atoms with Gasteiger partial charge in [-0.1, -0.05) is 18.6 Å². The normalized spacial score (nSPS) is 16.3. The third-order valence-electron chi connectivity index (χ3n) is 5.33. The van der Waals surface area contributed by atoms with Crippen molar-refractivity contribution in [1.29, 1.82) is 0 Å². The van der Waals surface area contributed by atoms with Crippen molar-refractivity contribution in [3.8, 4) is 11.5 Å². The van der Waals surface area contributed by atoms with Gasteiger partial charge in [0.15, 0.2) is 18.1 Å². The third kappa shape index (κ3) is 4.90. The summed E-state index contributed by atoms with van der Waals surface area (Å²) in [6, 6.07) is 11.2. The van der Waals surface area contributed by atoms with Crippen LogP contribution in [0.4, 0.5) is 10.1 Å². The van der Waals surface area contributed by atoms with Crippen LogP contribution in [0.25, 0.3) is 0 Å². The van der Waals surface area contributed by atoms with Crippen molar-refractivity contribution >= 4 is 17.6 Å². The fraction of sp³-hybridized carbons (Fsp3) is 0.391. The summed E-state index contributed by atoms with van der Waals surface area (Å²) in [6.07, 6.45) is 5.59. The van der Waals surface area contributed by atoms with E-state index in [9.17, 15) is 14.0 Å². The van der Waals surface area contributed by atoms with Crippen LogP contribution in [-0.4, -0.2) is 24.3 Å². The van der Waals surface area contributed by atoms with Gasteiger partial charge in [-0.2, -0.15) is 0 Å². The Labute approximate surface area is 174 Å². The summed E-state index contributed by atoms with van der Waals surface area (Å²) in [7, 11) is 0. The van der Waals surface area contributed by atoms with Gasteiger partial charge in [0.05, 0.1) is 0 Å². The van der Waals surface area contributed by atoms with E-state index >= 15 is 0 Å². The molecule has 1 aliphatic carbocycles. The van der Waals surface area contributed by atoms with E-state index in [1.807, 2.05) is 0 Å². The highest BCUT2D eigenvalue weighted by Gasteiger charge is 2.42. The number of rotatable bonds is 6. The zero-order chi connectivity index (χ0) is 21.0. The van der Waals surface area contributed by atoms with E-state index in [2.05, 4.69) is 5.32 Å². The van der Waals surface area contributed by atoms with Crippen molar-refractivity contribution in [3.63, 3.8) is 0 Å². The molecule has 7 heteroatoms. The van der Waals surface area contributed by atoms with Gasteiger partial charge in [0.1, 0.15) is 5.82 Å². The molecule has 1 heterocycles. The lowest BCUT2D eigenvalue weighted by Gasteiger charge is -2.31. The SMILES string of the molecule is O=C(COC(=O)CCc1ccc(F)cc1)Nc1ccc2c(c1)OC1(CCCCC1)O2. The molecule has 0 aromatic heterocycles. The first-order valence-electron chi connectivity index (χ1n) is 10.2. The van der Waals surface area contributed by atoms with Crippen molar-refractivity contribution in [2.45, 2.75) is 50.7 Å². The molecule has 1 N–H and O–H groups in total. The van der Waals surface area contributed by atoms with Gasteiger partial charge >= 0.3 is 5.97 Å². The number of aryl methyl sites for hydroxylation is 1. The van der Waals surface area contributed by atoms with E-state index in [0.717, 1.165) is 31.2 Å². The Hall–Kier alpha value is -3.09. The number of fused-ring (bicyclic) bond motifs is 1. The summed E-state index contributed by atoms with van der Waals surface area (Å²) in [4.78, 5) is 24.0. The third-order valence-corrected chi connectivity index (χ3v) is 5.33. The number of amides is 1. The summed E-state index contributed by atoms with van der Waals surface area (Å²) < 4.78 is 30.0. The molecule has 1 spiro atoms. The first-order valence-corrected chi connectivity index (χ1v) is 10.2. The Morgan fingerprint density at radius 3 is 2.50 bits per heavy atom. The molecule has 0 atom stereocenters. The summed E-state index contributed by atoms with van der Waals surface area (Å²) in [5.74, 6) is -0.511. The molecule has 0 saturated heterocycles. The molecule has 6 nitrogen and oxygen atoms in total. The summed E-state index contributed by atoms with van der Waals surface area (Å²) in [6.45, 7) is -0.374. The van der Waals surface area contributed by atoms with E-state index in [0.29, 0.717) is 23.6 Å². The van der Waals surface area contributed by atoms with Crippen molar-refractivity contribution in [3.05, 3.63) is 53.8 Å². The van der Waals surface area contributed by atoms with Crippen LogP contribution in [0.3, 0.4) is 0 Å². The predicted octanol–water partition coefficient (Wildman–Crippen LogP) is 4.37. The molecule has 0 unspecified atom stereocenters. The topological polar surface area (TPSA) is 73.9 Å². The van der Waals surface area contributed by atoms with Crippen LogP contribution in [-0.2, 0) is 20.7 Å². The summed E-state index contributed by atoms with van der Waals surface area (Å²) in [5, 5.41) is 2.70. The monoisotopic (exact) mass is 413 g/mol. The second kappa shape index (κ2) is 8.73. The van der Waals surface area contributed by atoms with Gasteiger partial charge in [-0.15, -0.1) is 0 Å². The number of nitrogens with one attached hydrogen (secondary N) is 1. The molecule has 4 rings (SSSR count). The van der Waals surface area contributed by atoms with E-state index in [1.54, 1.807) is 30.3 Å². The Bertz CT molecular complexity index is 922. The molecule has 1 fully saturated rings. The minimum atomic E-state index is -0.566. The Balaban J connectivity index is 1.23. The Kier molecular flexibility index (Phi) is 5.88. The fourth-order valence-corrected chi connectivity index (χ4v) is 3.78. The maximum Gasteiger partial charge on any atom is 0.306 e. The highest BCUT2D eigenvalue weighted by molar-refractivity contribution is 5.93. The molecular formula is C23H24FNO5. The van der Waals surface area contributed by atoms with Crippen LogP contribution in [0, 0.1) is 5.82 Å². The van der Waals surface area contributed by atoms with Gasteiger partial charge in [-0.05, 0) is 49.1 Å². The first kappa shape index (κ1) is 20.2. The lowest BCUT2D eigenvalue weighted by molar-refractivity contribution is -0.147. The van der Waals surface area contributed by atoms with Crippen molar-refractivity contribution in [1.82, 2.24) is 0 Å². The van der Waals surface area contributed by atoms with Crippen LogP contribution in [0.2, 0.25) is 0 Å². The van der Waals surface area contributed by atoms with Gasteiger partial charge in [0.2, 0.25) is 0 Å². The molecule has 2 aliphatic rings. The molecule has 0 bridgehead atoms. The largest absolute Gasteiger partial charge is 0.456 e. The first-order chi connectivity index (χ1) is 14.5. The number of carbonyl (C=O) groups excluding carboxylic acids is 2. The van der Waals surface area contributed by atoms with E-state index in [1.165, 1.54) is 18.6 Å². The zero-order valence-electron chi connectivity index (χ0n) is 16.6. The molecule has 2 aromatic carbocycles. The van der Waals surface area contributed by atoms with Crippen molar-refractivity contribution in [2.24, 2.45) is 0 Å². The van der Waals surface area contributed by atoms with Gasteiger partial charge in [-0.3, -0.25) is 9.59 Å². The van der Waals surface area contributed by atoms with E-state index in [4.69, 9.17) is 14.2 Å². The van der Waals surface area contributed by atoms with Gasteiger partial charge < -0.3 is 19.5 Å². The van der Waals surface area contributed by atoms with Crippen molar-refractivity contribution < 1.29 is 28.2 Å².